The molecule has 0 bridgehead atoms. The van der Waals surface area contributed by atoms with Crippen molar-refractivity contribution in [1.82, 2.24) is 9.97 Å². The van der Waals surface area contributed by atoms with Gasteiger partial charge in [-0.1, -0.05) is 0 Å². The minimum atomic E-state index is 0.286. The Morgan fingerprint density at radius 2 is 1.62 bits per heavy atom. The summed E-state index contributed by atoms with van der Waals surface area (Å²) in [6, 6.07) is 1.84. The molecule has 0 radical (unpaired) electrons. The summed E-state index contributed by atoms with van der Waals surface area (Å²) in [5, 5.41) is 6.15. The molecule has 1 aromatic heterocycles. The number of hydrogen-bond donors (Lipinski definition) is 3. The minimum Gasteiger partial charge on any atom is -0.370 e. The summed E-state index contributed by atoms with van der Waals surface area (Å²) in [5.74, 6) is 1.80. The predicted octanol–water partition coefficient (Wildman–Crippen LogP) is 0.922. The van der Waals surface area contributed by atoms with Crippen molar-refractivity contribution in [3.8, 4) is 0 Å². The van der Waals surface area contributed by atoms with Gasteiger partial charge >= 0.3 is 0 Å². The van der Waals surface area contributed by atoms with E-state index in [-0.39, 0.29) is 5.95 Å². The standard InChI is InChI=1S/C8H15N5/c1-3-10-6-5-7(11-4-2)13-8(9)12-6/h5H,3-4H2,1-2H3,(H4,9,10,11,12,13). The number of nitrogens with two attached hydrogens (primary N) is 1. The van der Waals surface area contributed by atoms with Crippen LogP contribution in [-0.4, -0.2) is 23.1 Å². The molecule has 5 heteroatoms. The van der Waals surface area contributed by atoms with E-state index in [2.05, 4.69) is 20.6 Å². The molecular formula is C8H15N5. The van der Waals surface area contributed by atoms with Crippen molar-refractivity contribution >= 4 is 17.6 Å². The molecule has 0 aromatic carbocycles. The molecule has 0 aliphatic rings. The first kappa shape index (κ1) is 9.57. The molecule has 5 nitrogen and oxygen atoms in total. The zero-order valence-electron chi connectivity index (χ0n) is 7.96. The Labute approximate surface area is 77.8 Å². The van der Waals surface area contributed by atoms with Crippen LogP contribution in [0.15, 0.2) is 6.07 Å². The zero-order chi connectivity index (χ0) is 9.68. The maximum atomic E-state index is 5.52. The smallest absolute Gasteiger partial charge is 0.223 e. The molecule has 0 atom stereocenters. The monoisotopic (exact) mass is 181 g/mol. The van der Waals surface area contributed by atoms with Crippen molar-refractivity contribution in [1.29, 1.82) is 0 Å². The largest absolute Gasteiger partial charge is 0.370 e. The lowest BCUT2D eigenvalue weighted by molar-refractivity contribution is 1.10. The number of hydrogen-bond acceptors (Lipinski definition) is 5. The van der Waals surface area contributed by atoms with E-state index in [1.54, 1.807) is 0 Å². The third-order valence-electron chi connectivity index (χ3n) is 1.46. The van der Waals surface area contributed by atoms with Crippen LogP contribution in [0, 0.1) is 0 Å². The topological polar surface area (TPSA) is 75.9 Å². The Morgan fingerprint density at radius 3 is 2.00 bits per heavy atom. The predicted molar refractivity (Wildman–Crippen MR) is 54.8 cm³/mol. The second kappa shape index (κ2) is 4.49. The van der Waals surface area contributed by atoms with Crippen LogP contribution in [0.2, 0.25) is 0 Å². The summed E-state index contributed by atoms with van der Waals surface area (Å²) in [5.41, 5.74) is 5.52. The fraction of sp³-hybridized carbons (Fsp3) is 0.500. The Hall–Kier alpha value is -1.52. The lowest BCUT2D eigenvalue weighted by Crippen LogP contribution is -2.07. The van der Waals surface area contributed by atoms with Gasteiger partial charge in [-0.25, -0.2) is 0 Å². The molecule has 1 heterocycles. The Balaban J connectivity index is 2.83. The van der Waals surface area contributed by atoms with E-state index >= 15 is 0 Å². The highest BCUT2D eigenvalue weighted by molar-refractivity contribution is 5.50. The van der Waals surface area contributed by atoms with Crippen LogP contribution in [0.5, 0.6) is 0 Å². The van der Waals surface area contributed by atoms with E-state index in [0.717, 1.165) is 24.7 Å². The zero-order valence-corrected chi connectivity index (χ0v) is 7.96. The third kappa shape index (κ3) is 2.77. The van der Waals surface area contributed by atoms with Crippen LogP contribution in [0.4, 0.5) is 17.6 Å². The molecule has 72 valence electrons. The van der Waals surface area contributed by atoms with Crippen molar-refractivity contribution in [2.24, 2.45) is 0 Å². The van der Waals surface area contributed by atoms with Gasteiger partial charge in [-0.3, -0.25) is 0 Å². The van der Waals surface area contributed by atoms with Gasteiger partial charge in [0.25, 0.3) is 0 Å². The van der Waals surface area contributed by atoms with Crippen LogP contribution in [0.1, 0.15) is 13.8 Å². The quantitative estimate of drug-likeness (QED) is 0.644. The molecule has 0 aliphatic carbocycles. The molecule has 1 aromatic rings. The first-order valence-corrected chi connectivity index (χ1v) is 4.38. The van der Waals surface area contributed by atoms with Gasteiger partial charge in [-0.05, 0) is 13.8 Å². The van der Waals surface area contributed by atoms with E-state index in [1.807, 2.05) is 19.9 Å². The normalized spacial score (nSPS) is 9.69. The Morgan fingerprint density at radius 1 is 1.15 bits per heavy atom. The van der Waals surface area contributed by atoms with Crippen LogP contribution >= 0.6 is 0 Å². The second-order valence-corrected chi connectivity index (χ2v) is 2.56. The molecule has 13 heavy (non-hydrogen) atoms. The first-order valence-electron chi connectivity index (χ1n) is 4.38. The van der Waals surface area contributed by atoms with Crippen LogP contribution in [-0.2, 0) is 0 Å². The summed E-state index contributed by atoms with van der Waals surface area (Å²) in [6.07, 6.45) is 0. The lowest BCUT2D eigenvalue weighted by atomic mass is 10.5. The first-order chi connectivity index (χ1) is 6.26. The van der Waals surface area contributed by atoms with E-state index in [1.165, 1.54) is 0 Å². The van der Waals surface area contributed by atoms with Gasteiger partial charge in [-0.15, -0.1) is 0 Å². The molecule has 1 rings (SSSR count). The van der Waals surface area contributed by atoms with Gasteiger partial charge in [0.15, 0.2) is 0 Å². The average Bonchev–Trinajstić information content (AvgIpc) is 2.04. The summed E-state index contributed by atoms with van der Waals surface area (Å²) in [7, 11) is 0. The third-order valence-corrected chi connectivity index (χ3v) is 1.46. The molecule has 0 aliphatic heterocycles. The fourth-order valence-corrected chi connectivity index (χ4v) is 1.01. The molecule has 0 fully saturated rings. The van der Waals surface area contributed by atoms with Crippen LogP contribution in [0.3, 0.4) is 0 Å². The highest BCUT2D eigenvalue weighted by atomic mass is 15.1. The molecule has 0 spiro atoms. The SMILES string of the molecule is CCNc1cc(NCC)nc(N)n1. The highest BCUT2D eigenvalue weighted by Gasteiger charge is 1.99. The van der Waals surface area contributed by atoms with Crippen molar-refractivity contribution < 1.29 is 0 Å². The number of nitrogens with one attached hydrogen (secondary N) is 2. The Bertz CT molecular complexity index is 249. The molecule has 4 N–H and O–H groups in total. The summed E-state index contributed by atoms with van der Waals surface area (Å²) in [4.78, 5) is 8.04. The maximum Gasteiger partial charge on any atom is 0.223 e. The average molecular weight is 181 g/mol. The molecule has 0 saturated carbocycles. The number of anilines is 3. The van der Waals surface area contributed by atoms with E-state index in [9.17, 15) is 0 Å². The highest BCUT2D eigenvalue weighted by Crippen LogP contribution is 2.11. The molecule has 0 unspecified atom stereocenters. The van der Waals surface area contributed by atoms with Crippen molar-refractivity contribution in [3.05, 3.63) is 6.07 Å². The van der Waals surface area contributed by atoms with Crippen molar-refractivity contribution in [2.75, 3.05) is 29.5 Å². The second-order valence-electron chi connectivity index (χ2n) is 2.56. The molecule has 0 saturated heterocycles. The van der Waals surface area contributed by atoms with Gasteiger partial charge < -0.3 is 16.4 Å². The Kier molecular flexibility index (Phi) is 3.31. The van der Waals surface area contributed by atoms with E-state index < -0.39 is 0 Å². The number of aromatic nitrogens is 2. The van der Waals surface area contributed by atoms with Crippen LogP contribution in [0.25, 0.3) is 0 Å². The minimum absolute atomic E-state index is 0.286. The van der Waals surface area contributed by atoms with Crippen molar-refractivity contribution in [3.63, 3.8) is 0 Å². The van der Waals surface area contributed by atoms with Crippen molar-refractivity contribution in [2.45, 2.75) is 13.8 Å². The van der Waals surface area contributed by atoms with Gasteiger partial charge in [-0.2, -0.15) is 9.97 Å². The van der Waals surface area contributed by atoms with E-state index in [0.29, 0.717) is 0 Å². The summed E-state index contributed by atoms with van der Waals surface area (Å²) < 4.78 is 0. The number of rotatable bonds is 4. The fourth-order valence-electron chi connectivity index (χ4n) is 1.01. The van der Waals surface area contributed by atoms with Gasteiger partial charge in [0.05, 0.1) is 0 Å². The molecule has 0 amide bonds. The number of nitrogen functional groups attached to an aromatic ring is 1. The molecular weight excluding hydrogens is 166 g/mol. The van der Waals surface area contributed by atoms with E-state index in [4.69, 9.17) is 5.73 Å². The summed E-state index contributed by atoms with van der Waals surface area (Å²) in [6.45, 7) is 5.65. The summed E-state index contributed by atoms with van der Waals surface area (Å²) >= 11 is 0. The maximum absolute atomic E-state index is 5.52. The lowest BCUT2D eigenvalue weighted by Gasteiger charge is -2.06. The van der Waals surface area contributed by atoms with Crippen LogP contribution < -0.4 is 16.4 Å². The van der Waals surface area contributed by atoms with Gasteiger partial charge in [0.1, 0.15) is 11.6 Å². The van der Waals surface area contributed by atoms with Gasteiger partial charge in [0, 0.05) is 19.2 Å². The van der Waals surface area contributed by atoms with Gasteiger partial charge in [0.2, 0.25) is 5.95 Å². The number of nitrogens with zero attached hydrogens (tertiary/aromatic N) is 2.